The fraction of sp³-hybridized carbons (Fsp3) is 0.455. The molecule has 4 heterocycles. The van der Waals surface area contributed by atoms with Gasteiger partial charge in [0.15, 0.2) is 6.23 Å². The van der Waals surface area contributed by atoms with E-state index in [9.17, 15) is 14.8 Å². The number of aromatic nitrogens is 3. The number of aliphatic hydroxyl groups is 2. The summed E-state index contributed by atoms with van der Waals surface area (Å²) in [7, 11) is -2.60. The van der Waals surface area contributed by atoms with Crippen LogP contribution in [0.4, 0.5) is 5.82 Å². The van der Waals surface area contributed by atoms with Crippen LogP contribution in [0.5, 0.6) is 0 Å². The number of phosphoric ester groups is 1. The predicted octanol–water partition coefficient (Wildman–Crippen LogP) is 2.60. The van der Waals surface area contributed by atoms with Gasteiger partial charge in [-0.05, 0) is 30.7 Å². The number of hydrogen-bond donors (Lipinski definition) is 3. The summed E-state index contributed by atoms with van der Waals surface area (Å²) in [6.45, 7) is 0.976. The lowest BCUT2D eigenvalue weighted by Crippen LogP contribution is -2.44. The molecule has 4 N–H and O–H groups in total. The van der Waals surface area contributed by atoms with Crippen LogP contribution in [0, 0.1) is 0 Å². The summed E-state index contributed by atoms with van der Waals surface area (Å²) in [6.07, 6.45) is -1.91. The number of nitrogen functional groups attached to an aromatic ring is 1. The molecule has 2 saturated heterocycles. The first-order chi connectivity index (χ1) is 17.1. The number of fused-ring (bicyclic) bond motifs is 1. The summed E-state index contributed by atoms with van der Waals surface area (Å²) < 4.78 is 42.9. The van der Waals surface area contributed by atoms with Gasteiger partial charge in [-0.15, -0.1) is 0 Å². The van der Waals surface area contributed by atoms with Crippen LogP contribution >= 0.6 is 19.4 Å². The lowest BCUT2D eigenvalue weighted by molar-refractivity contribution is -0.0990. The van der Waals surface area contributed by atoms with Crippen LogP contribution in [0.15, 0.2) is 42.9 Å². The van der Waals surface area contributed by atoms with Crippen molar-refractivity contribution in [3.8, 4) is 0 Å². The maximum atomic E-state index is 13.3. The zero-order valence-corrected chi connectivity index (χ0v) is 21.1. The largest absolute Gasteiger partial charge is 0.475 e. The Morgan fingerprint density at radius 3 is 2.92 bits per heavy atom. The highest BCUT2D eigenvalue weighted by Crippen LogP contribution is 2.58. The Morgan fingerprint density at radius 1 is 1.36 bits per heavy atom. The molecule has 12 nitrogen and oxygen atoms in total. The number of phosphoric acid groups is 1. The molecule has 14 heteroatoms. The molecular weight excluding hydrogens is 515 g/mol. The lowest BCUT2D eigenvalue weighted by Gasteiger charge is -2.35. The summed E-state index contributed by atoms with van der Waals surface area (Å²) in [5.41, 5.74) is 5.22. The smallest absolute Gasteiger partial charge is 0.387 e. The van der Waals surface area contributed by atoms with E-state index in [1.807, 2.05) is 0 Å². The molecule has 36 heavy (non-hydrogen) atoms. The second-order valence-corrected chi connectivity index (χ2v) is 10.9. The van der Waals surface area contributed by atoms with Crippen molar-refractivity contribution >= 4 is 36.3 Å². The van der Waals surface area contributed by atoms with Crippen LogP contribution in [-0.4, -0.2) is 69.0 Å². The molecule has 2 aliphatic heterocycles. The van der Waals surface area contributed by atoms with Gasteiger partial charge in [0, 0.05) is 18.3 Å². The minimum absolute atomic E-state index is 0.0597. The van der Waals surface area contributed by atoms with Gasteiger partial charge in [0.2, 0.25) is 0 Å². The van der Waals surface area contributed by atoms with Crippen LogP contribution in [0.25, 0.3) is 11.0 Å². The molecule has 1 aromatic carbocycles. The van der Waals surface area contributed by atoms with Crippen molar-refractivity contribution < 1.29 is 37.8 Å². The monoisotopic (exact) mass is 540 g/mol. The van der Waals surface area contributed by atoms with Crippen LogP contribution in [0.3, 0.4) is 0 Å². The Hall–Kier alpha value is -2.12. The molecule has 1 unspecified atom stereocenters. The van der Waals surface area contributed by atoms with Gasteiger partial charge in [-0.25, -0.2) is 14.5 Å². The van der Waals surface area contributed by atoms with Crippen molar-refractivity contribution in [3.63, 3.8) is 0 Å². The highest BCUT2D eigenvalue weighted by molar-refractivity contribution is 7.48. The number of halogens is 1. The SMILES string of the molecule is CO[C@@H]1COP(=O)(OC[C@H]2O[C@@H](n3ccc4c(N)ncnc43)[C@](C)(O)[C@@H]2O)O[C@@H]1c1cccc(Cl)c1. The molecule has 3 aromatic rings. The van der Waals surface area contributed by atoms with Gasteiger partial charge < -0.3 is 30.0 Å². The number of rotatable bonds is 6. The zero-order chi connectivity index (χ0) is 25.7. The van der Waals surface area contributed by atoms with Gasteiger partial charge in [-0.1, -0.05) is 23.7 Å². The van der Waals surface area contributed by atoms with E-state index in [1.54, 1.807) is 41.1 Å². The van der Waals surface area contributed by atoms with Gasteiger partial charge in [0.1, 0.15) is 47.8 Å². The van der Waals surface area contributed by atoms with E-state index in [1.165, 1.54) is 20.4 Å². The van der Waals surface area contributed by atoms with E-state index >= 15 is 0 Å². The number of benzene rings is 1. The zero-order valence-electron chi connectivity index (χ0n) is 19.4. The second-order valence-electron chi connectivity index (χ2n) is 8.81. The molecular formula is C22H26ClN4O8P. The third-order valence-electron chi connectivity index (χ3n) is 6.40. The average molecular weight is 541 g/mol. The van der Waals surface area contributed by atoms with Crippen molar-refractivity contribution in [2.24, 2.45) is 0 Å². The summed E-state index contributed by atoms with van der Waals surface area (Å²) in [6, 6.07) is 8.57. The minimum Gasteiger partial charge on any atom is -0.387 e. The van der Waals surface area contributed by atoms with Crippen molar-refractivity contribution in [1.29, 1.82) is 0 Å². The molecule has 2 fully saturated rings. The van der Waals surface area contributed by atoms with Gasteiger partial charge in [0.05, 0.1) is 18.6 Å². The molecule has 0 radical (unpaired) electrons. The van der Waals surface area contributed by atoms with E-state index in [2.05, 4.69) is 9.97 Å². The number of aliphatic hydroxyl groups excluding tert-OH is 1. The highest BCUT2D eigenvalue weighted by atomic mass is 35.5. The van der Waals surface area contributed by atoms with E-state index < -0.39 is 44.1 Å². The average Bonchev–Trinajstić information content (AvgIpc) is 3.37. The van der Waals surface area contributed by atoms with Crippen molar-refractivity contribution in [2.45, 2.75) is 43.2 Å². The lowest BCUT2D eigenvalue weighted by atomic mass is 9.96. The van der Waals surface area contributed by atoms with Crippen molar-refractivity contribution in [3.05, 3.63) is 53.4 Å². The molecule has 2 aliphatic rings. The summed E-state index contributed by atoms with van der Waals surface area (Å²) in [5.74, 6) is 0.269. The van der Waals surface area contributed by atoms with E-state index in [4.69, 9.17) is 40.4 Å². The molecule has 7 atom stereocenters. The molecule has 0 aliphatic carbocycles. The minimum atomic E-state index is -4.09. The van der Waals surface area contributed by atoms with Gasteiger partial charge in [-0.3, -0.25) is 13.6 Å². The fourth-order valence-corrected chi connectivity index (χ4v) is 6.02. The summed E-state index contributed by atoms with van der Waals surface area (Å²) in [5, 5.41) is 23.0. The highest BCUT2D eigenvalue weighted by Gasteiger charge is 2.54. The number of hydrogen-bond acceptors (Lipinski definition) is 11. The van der Waals surface area contributed by atoms with Gasteiger partial charge in [-0.2, -0.15) is 0 Å². The maximum absolute atomic E-state index is 13.3. The van der Waals surface area contributed by atoms with Crippen LogP contribution in [0.2, 0.25) is 5.02 Å². The Bertz CT molecular complexity index is 1310. The van der Waals surface area contributed by atoms with Crippen LogP contribution in [-0.2, 0) is 27.6 Å². The van der Waals surface area contributed by atoms with E-state index in [0.29, 0.717) is 21.6 Å². The third kappa shape index (κ3) is 4.53. The number of anilines is 1. The van der Waals surface area contributed by atoms with Gasteiger partial charge >= 0.3 is 7.82 Å². The Balaban J connectivity index is 1.33. The van der Waals surface area contributed by atoms with Gasteiger partial charge in [0.25, 0.3) is 0 Å². The number of nitrogens with zero attached hydrogens (tertiary/aromatic N) is 3. The topological polar surface area (TPSA) is 160 Å². The number of ether oxygens (including phenoxy) is 2. The molecule has 5 rings (SSSR count). The van der Waals surface area contributed by atoms with Crippen LogP contribution in [0.1, 0.15) is 24.8 Å². The molecule has 0 saturated carbocycles. The molecule has 0 bridgehead atoms. The van der Waals surface area contributed by atoms with Crippen LogP contribution < -0.4 is 5.73 Å². The first-order valence-electron chi connectivity index (χ1n) is 11.1. The van der Waals surface area contributed by atoms with E-state index in [-0.39, 0.29) is 19.0 Å². The molecule has 0 amide bonds. The maximum Gasteiger partial charge on any atom is 0.475 e. The Kier molecular flexibility index (Phi) is 6.83. The quantitative estimate of drug-likeness (QED) is 0.394. The molecule has 194 valence electrons. The number of nitrogens with two attached hydrogens (primary N) is 1. The first kappa shape index (κ1) is 25.5. The number of methoxy groups -OCH3 is 1. The molecule has 2 aromatic heterocycles. The third-order valence-corrected chi connectivity index (χ3v) is 8.05. The summed E-state index contributed by atoms with van der Waals surface area (Å²) >= 11 is 6.10. The predicted molar refractivity (Wildman–Crippen MR) is 128 cm³/mol. The Morgan fingerprint density at radius 2 is 2.17 bits per heavy atom. The Labute approximate surface area is 211 Å². The fourth-order valence-electron chi connectivity index (χ4n) is 4.43. The first-order valence-corrected chi connectivity index (χ1v) is 13.0. The summed E-state index contributed by atoms with van der Waals surface area (Å²) in [4.78, 5) is 8.17. The normalized spacial score (nSPS) is 34.9. The standard InChI is InChI=1S/C22H26ClN4O8P/c1-22(29)18(28)16(34-21(22)27-7-6-14-19(24)25-11-26-20(14)27)10-33-36(30)32-9-15(31-2)17(35-36)12-4-3-5-13(23)8-12/h3-8,11,15-18,21,28-29H,9-10H2,1-2H3,(H2,24,25,26)/t15-,16-,17-,18-,21-,22-,36?/m1/s1. The van der Waals surface area contributed by atoms with Crippen molar-refractivity contribution in [1.82, 2.24) is 14.5 Å². The van der Waals surface area contributed by atoms with Crippen molar-refractivity contribution in [2.75, 3.05) is 26.1 Å². The molecule has 0 spiro atoms. The van der Waals surface area contributed by atoms with E-state index in [0.717, 1.165) is 0 Å². The second kappa shape index (κ2) is 9.64.